The highest BCUT2D eigenvalue weighted by Crippen LogP contribution is 1.94. The van der Waals surface area contributed by atoms with Gasteiger partial charge in [0.2, 0.25) is 5.91 Å². The van der Waals surface area contributed by atoms with E-state index in [0.717, 1.165) is 5.69 Å². The molecule has 1 rings (SSSR count). The lowest BCUT2D eigenvalue weighted by Gasteiger charge is -2.13. The molecule has 0 saturated heterocycles. The number of aliphatic carboxylic acids is 1. The van der Waals surface area contributed by atoms with E-state index in [1.165, 1.54) is 6.20 Å². The Hall–Kier alpha value is -2.71. The maximum Gasteiger partial charge on any atom is 0.326 e. The van der Waals surface area contributed by atoms with Crippen molar-refractivity contribution in [3.05, 3.63) is 23.8 Å². The Labute approximate surface area is 114 Å². The van der Waals surface area contributed by atoms with E-state index in [1.54, 1.807) is 13.1 Å². The van der Waals surface area contributed by atoms with Crippen LogP contribution in [-0.4, -0.2) is 39.0 Å². The molecule has 1 aromatic heterocycles. The Kier molecular flexibility index (Phi) is 5.39. The van der Waals surface area contributed by atoms with E-state index in [9.17, 15) is 14.4 Å². The maximum absolute atomic E-state index is 11.5. The third kappa shape index (κ3) is 5.29. The van der Waals surface area contributed by atoms with E-state index >= 15 is 0 Å². The fraction of sp³-hybridized carbons (Fsp3) is 0.364. The first kappa shape index (κ1) is 15.3. The molecular weight excluding hydrogens is 266 g/mol. The molecule has 0 radical (unpaired) electrons. The molecule has 0 aliphatic heterocycles. The molecule has 1 atom stereocenters. The van der Waals surface area contributed by atoms with Gasteiger partial charge in [-0.25, -0.2) is 9.59 Å². The number of carbonyl (C=O) groups is 3. The zero-order chi connectivity index (χ0) is 15.1. The van der Waals surface area contributed by atoms with E-state index in [-0.39, 0.29) is 6.54 Å². The number of nitrogens with one attached hydrogen (secondary N) is 2. The van der Waals surface area contributed by atoms with Crippen molar-refractivity contribution in [1.29, 1.82) is 0 Å². The van der Waals surface area contributed by atoms with Gasteiger partial charge in [0.1, 0.15) is 6.04 Å². The standard InChI is InChI=1S/C11H15N5O4/c1-6-3-14-7(4-13-6)5-15-11(20)16-8(10(18)19)2-9(12)17/h3-4,8H,2,5H2,1H3,(H2,12,17)(H,18,19)(H2,15,16,20)/t8-/m1/s1. The van der Waals surface area contributed by atoms with Gasteiger partial charge in [0.05, 0.1) is 30.6 Å². The molecule has 0 aromatic carbocycles. The number of aryl methyl sites for hydroxylation is 1. The molecule has 0 aliphatic rings. The molecule has 108 valence electrons. The molecule has 0 unspecified atom stereocenters. The van der Waals surface area contributed by atoms with Crippen molar-refractivity contribution in [2.45, 2.75) is 25.9 Å². The summed E-state index contributed by atoms with van der Waals surface area (Å²) in [6.45, 7) is 1.86. The quantitative estimate of drug-likeness (QED) is 0.521. The molecule has 9 heteroatoms. The molecule has 20 heavy (non-hydrogen) atoms. The number of nitrogens with zero attached hydrogens (tertiary/aromatic N) is 2. The van der Waals surface area contributed by atoms with Gasteiger partial charge in [-0.15, -0.1) is 0 Å². The van der Waals surface area contributed by atoms with Gasteiger partial charge in [0.15, 0.2) is 0 Å². The lowest BCUT2D eigenvalue weighted by atomic mass is 10.2. The van der Waals surface area contributed by atoms with E-state index in [4.69, 9.17) is 10.8 Å². The minimum Gasteiger partial charge on any atom is -0.480 e. The van der Waals surface area contributed by atoms with Crippen LogP contribution in [0.15, 0.2) is 12.4 Å². The van der Waals surface area contributed by atoms with E-state index < -0.39 is 30.4 Å². The van der Waals surface area contributed by atoms with E-state index in [1.807, 2.05) is 0 Å². The number of hydrogen-bond donors (Lipinski definition) is 4. The van der Waals surface area contributed by atoms with Crippen molar-refractivity contribution in [3.8, 4) is 0 Å². The lowest BCUT2D eigenvalue weighted by molar-refractivity contribution is -0.140. The van der Waals surface area contributed by atoms with Crippen LogP contribution in [-0.2, 0) is 16.1 Å². The van der Waals surface area contributed by atoms with Crippen molar-refractivity contribution in [1.82, 2.24) is 20.6 Å². The van der Waals surface area contributed by atoms with Crippen LogP contribution in [0, 0.1) is 6.92 Å². The highest BCUT2D eigenvalue weighted by molar-refractivity contribution is 5.87. The largest absolute Gasteiger partial charge is 0.480 e. The number of rotatable bonds is 6. The number of urea groups is 1. The van der Waals surface area contributed by atoms with Crippen LogP contribution in [0.4, 0.5) is 4.79 Å². The first-order valence-corrected chi connectivity index (χ1v) is 5.71. The summed E-state index contributed by atoms with van der Waals surface area (Å²) in [4.78, 5) is 41.0. The van der Waals surface area contributed by atoms with Crippen molar-refractivity contribution in [2.75, 3.05) is 0 Å². The first-order chi connectivity index (χ1) is 9.38. The Morgan fingerprint density at radius 2 is 2.05 bits per heavy atom. The third-order valence-electron chi connectivity index (χ3n) is 2.27. The summed E-state index contributed by atoms with van der Waals surface area (Å²) in [5.74, 6) is -2.16. The minimum atomic E-state index is -1.36. The molecule has 3 amide bonds. The lowest BCUT2D eigenvalue weighted by Crippen LogP contribution is -2.47. The van der Waals surface area contributed by atoms with Crippen LogP contribution in [0.25, 0.3) is 0 Å². The topological polar surface area (TPSA) is 147 Å². The molecule has 0 bridgehead atoms. The van der Waals surface area contributed by atoms with Crippen LogP contribution in [0.3, 0.4) is 0 Å². The summed E-state index contributed by atoms with van der Waals surface area (Å²) in [7, 11) is 0. The second-order valence-corrected chi connectivity index (χ2v) is 4.04. The van der Waals surface area contributed by atoms with Gasteiger partial charge in [-0.05, 0) is 6.92 Å². The zero-order valence-corrected chi connectivity index (χ0v) is 10.8. The van der Waals surface area contributed by atoms with Gasteiger partial charge in [-0.1, -0.05) is 0 Å². The van der Waals surface area contributed by atoms with Crippen LogP contribution in [0.2, 0.25) is 0 Å². The number of hydrogen-bond acceptors (Lipinski definition) is 5. The summed E-state index contributed by atoms with van der Waals surface area (Å²) in [6.07, 6.45) is 2.56. The molecular formula is C11H15N5O4. The van der Waals surface area contributed by atoms with Gasteiger partial charge in [0.25, 0.3) is 0 Å². The number of aromatic nitrogens is 2. The van der Waals surface area contributed by atoms with E-state index in [0.29, 0.717) is 5.69 Å². The number of carboxylic acid groups (broad SMARTS) is 1. The van der Waals surface area contributed by atoms with Crippen molar-refractivity contribution >= 4 is 17.9 Å². The number of nitrogens with two attached hydrogens (primary N) is 1. The summed E-state index contributed by atoms with van der Waals surface area (Å²) >= 11 is 0. The molecule has 0 spiro atoms. The number of carbonyl (C=O) groups excluding carboxylic acids is 2. The van der Waals surface area contributed by atoms with Gasteiger partial charge < -0.3 is 21.5 Å². The maximum atomic E-state index is 11.5. The molecule has 5 N–H and O–H groups in total. The number of primary amides is 1. The monoisotopic (exact) mass is 281 g/mol. The first-order valence-electron chi connectivity index (χ1n) is 5.71. The second-order valence-electron chi connectivity index (χ2n) is 4.04. The predicted octanol–water partition coefficient (Wildman–Crippen LogP) is -1.09. The zero-order valence-electron chi connectivity index (χ0n) is 10.8. The molecule has 0 saturated carbocycles. The highest BCUT2D eigenvalue weighted by Gasteiger charge is 2.21. The van der Waals surface area contributed by atoms with Crippen LogP contribution in [0.5, 0.6) is 0 Å². The Morgan fingerprint density at radius 3 is 2.55 bits per heavy atom. The molecule has 0 aliphatic carbocycles. The third-order valence-corrected chi connectivity index (χ3v) is 2.27. The summed E-state index contributed by atoms with van der Waals surface area (Å²) in [6, 6.07) is -2.10. The normalized spacial score (nSPS) is 11.4. The average molecular weight is 281 g/mol. The van der Waals surface area contributed by atoms with Crippen molar-refractivity contribution < 1.29 is 19.5 Å². The summed E-state index contributed by atoms with van der Waals surface area (Å²) < 4.78 is 0. The summed E-state index contributed by atoms with van der Waals surface area (Å²) in [5, 5.41) is 13.4. The van der Waals surface area contributed by atoms with Gasteiger partial charge >= 0.3 is 12.0 Å². The van der Waals surface area contributed by atoms with Gasteiger partial charge in [0, 0.05) is 6.20 Å². The Morgan fingerprint density at radius 1 is 1.35 bits per heavy atom. The average Bonchev–Trinajstić information content (AvgIpc) is 2.36. The van der Waals surface area contributed by atoms with Crippen LogP contribution in [0.1, 0.15) is 17.8 Å². The second kappa shape index (κ2) is 7.02. The molecule has 9 nitrogen and oxygen atoms in total. The Balaban J connectivity index is 2.47. The van der Waals surface area contributed by atoms with Crippen LogP contribution >= 0.6 is 0 Å². The fourth-order valence-electron chi connectivity index (χ4n) is 1.29. The number of carboxylic acids is 1. The number of amides is 3. The Bertz CT molecular complexity index is 502. The van der Waals surface area contributed by atoms with Gasteiger partial charge in [-0.3, -0.25) is 14.8 Å². The smallest absolute Gasteiger partial charge is 0.326 e. The molecule has 1 heterocycles. The molecule has 1 aromatic rings. The van der Waals surface area contributed by atoms with Gasteiger partial charge in [-0.2, -0.15) is 0 Å². The molecule has 0 fully saturated rings. The summed E-state index contributed by atoms with van der Waals surface area (Å²) in [5.41, 5.74) is 6.16. The minimum absolute atomic E-state index is 0.0853. The van der Waals surface area contributed by atoms with Crippen molar-refractivity contribution in [2.24, 2.45) is 5.73 Å². The predicted molar refractivity (Wildman–Crippen MR) is 67.4 cm³/mol. The van der Waals surface area contributed by atoms with Crippen LogP contribution < -0.4 is 16.4 Å². The highest BCUT2D eigenvalue weighted by atomic mass is 16.4. The fourth-order valence-corrected chi connectivity index (χ4v) is 1.29. The van der Waals surface area contributed by atoms with E-state index in [2.05, 4.69) is 20.6 Å². The SMILES string of the molecule is Cc1cnc(CNC(=O)N[C@H](CC(N)=O)C(=O)O)cn1. The van der Waals surface area contributed by atoms with Crippen molar-refractivity contribution in [3.63, 3.8) is 0 Å².